The van der Waals surface area contributed by atoms with E-state index in [1.54, 1.807) is 7.11 Å². The van der Waals surface area contributed by atoms with Crippen LogP contribution in [0.4, 0.5) is 4.79 Å². The van der Waals surface area contributed by atoms with Crippen molar-refractivity contribution in [2.45, 2.75) is 6.04 Å². The first-order valence-corrected chi connectivity index (χ1v) is 5.08. The molecule has 0 aromatic carbocycles. The van der Waals surface area contributed by atoms with Crippen molar-refractivity contribution in [1.82, 2.24) is 15.1 Å². The smallest absolute Gasteiger partial charge is 0.320 e. The number of fused-ring (bicyclic) bond motifs is 1. The van der Waals surface area contributed by atoms with Crippen molar-refractivity contribution >= 4 is 6.03 Å². The summed E-state index contributed by atoms with van der Waals surface area (Å²) in [5.74, 6) is 0. The third kappa shape index (κ3) is 1.69. The number of piperazine rings is 1. The number of urea groups is 1. The highest BCUT2D eigenvalue weighted by Crippen LogP contribution is 2.16. The van der Waals surface area contributed by atoms with Crippen LogP contribution in [0.25, 0.3) is 0 Å². The molecule has 1 N–H and O–H groups in total. The van der Waals surface area contributed by atoms with E-state index in [4.69, 9.17) is 4.74 Å². The highest BCUT2D eigenvalue weighted by Gasteiger charge is 2.37. The average molecular weight is 199 g/mol. The maximum absolute atomic E-state index is 11.8. The number of carbonyl (C=O) groups excluding carboxylic acids is 1. The third-order valence-corrected chi connectivity index (χ3v) is 2.86. The molecule has 2 fully saturated rings. The van der Waals surface area contributed by atoms with Crippen molar-refractivity contribution in [3.63, 3.8) is 0 Å². The van der Waals surface area contributed by atoms with Crippen LogP contribution in [0.2, 0.25) is 0 Å². The number of nitrogens with zero attached hydrogens (tertiary/aromatic N) is 2. The second kappa shape index (κ2) is 4.14. The number of carbonyl (C=O) groups is 1. The molecular weight excluding hydrogens is 182 g/mol. The summed E-state index contributed by atoms with van der Waals surface area (Å²) in [5.41, 5.74) is 0. The first-order valence-electron chi connectivity index (χ1n) is 5.08. The summed E-state index contributed by atoms with van der Waals surface area (Å²) in [7, 11) is 1.66. The van der Waals surface area contributed by atoms with E-state index in [0.29, 0.717) is 19.2 Å². The third-order valence-electron chi connectivity index (χ3n) is 2.86. The zero-order chi connectivity index (χ0) is 9.97. The van der Waals surface area contributed by atoms with Gasteiger partial charge in [-0.1, -0.05) is 0 Å². The first kappa shape index (κ1) is 9.73. The van der Waals surface area contributed by atoms with Gasteiger partial charge in [-0.25, -0.2) is 4.79 Å². The van der Waals surface area contributed by atoms with Gasteiger partial charge in [0.05, 0.1) is 12.6 Å². The Morgan fingerprint density at radius 2 is 2.50 bits per heavy atom. The zero-order valence-corrected chi connectivity index (χ0v) is 8.53. The van der Waals surface area contributed by atoms with Gasteiger partial charge in [0.2, 0.25) is 0 Å². The first-order chi connectivity index (χ1) is 6.83. The molecule has 14 heavy (non-hydrogen) atoms. The van der Waals surface area contributed by atoms with E-state index in [9.17, 15) is 4.79 Å². The molecule has 1 unspecified atom stereocenters. The van der Waals surface area contributed by atoms with Crippen LogP contribution in [0.1, 0.15) is 0 Å². The van der Waals surface area contributed by atoms with E-state index >= 15 is 0 Å². The monoisotopic (exact) mass is 199 g/mol. The van der Waals surface area contributed by atoms with Crippen molar-refractivity contribution < 1.29 is 9.53 Å². The van der Waals surface area contributed by atoms with Crippen molar-refractivity contribution in [1.29, 1.82) is 0 Å². The van der Waals surface area contributed by atoms with Gasteiger partial charge in [0.1, 0.15) is 0 Å². The molecule has 2 aliphatic rings. The average Bonchev–Trinajstić information content (AvgIpc) is 2.54. The van der Waals surface area contributed by atoms with Gasteiger partial charge in [-0.3, -0.25) is 0 Å². The lowest BCUT2D eigenvalue weighted by atomic mass is 10.2. The lowest BCUT2D eigenvalue weighted by molar-refractivity contribution is 0.153. The molecule has 5 nitrogen and oxygen atoms in total. The van der Waals surface area contributed by atoms with Crippen LogP contribution < -0.4 is 5.32 Å². The molecule has 80 valence electrons. The van der Waals surface area contributed by atoms with Gasteiger partial charge in [0, 0.05) is 39.8 Å². The predicted molar refractivity (Wildman–Crippen MR) is 52.2 cm³/mol. The lowest BCUT2D eigenvalue weighted by Gasteiger charge is -2.28. The molecule has 2 aliphatic heterocycles. The summed E-state index contributed by atoms with van der Waals surface area (Å²) >= 11 is 0. The second-order valence-electron chi connectivity index (χ2n) is 3.77. The zero-order valence-electron chi connectivity index (χ0n) is 8.53. The van der Waals surface area contributed by atoms with E-state index in [1.807, 2.05) is 9.80 Å². The van der Waals surface area contributed by atoms with Crippen molar-refractivity contribution in [2.75, 3.05) is 46.4 Å². The van der Waals surface area contributed by atoms with Crippen LogP contribution >= 0.6 is 0 Å². The van der Waals surface area contributed by atoms with Crippen LogP contribution in [-0.2, 0) is 4.74 Å². The molecule has 5 heteroatoms. The van der Waals surface area contributed by atoms with Gasteiger partial charge in [0.25, 0.3) is 0 Å². The molecule has 0 spiro atoms. The minimum Gasteiger partial charge on any atom is -0.383 e. The lowest BCUT2D eigenvalue weighted by Crippen LogP contribution is -2.49. The fraction of sp³-hybridized carbons (Fsp3) is 0.889. The minimum atomic E-state index is 0.175. The molecule has 2 rings (SSSR count). The summed E-state index contributed by atoms with van der Waals surface area (Å²) in [6.07, 6.45) is 0. The second-order valence-corrected chi connectivity index (χ2v) is 3.77. The molecule has 2 saturated heterocycles. The number of hydrogen-bond acceptors (Lipinski definition) is 3. The molecule has 0 aliphatic carbocycles. The van der Waals surface area contributed by atoms with E-state index in [-0.39, 0.29) is 6.03 Å². The quantitative estimate of drug-likeness (QED) is 0.656. The van der Waals surface area contributed by atoms with Crippen LogP contribution in [0, 0.1) is 0 Å². The number of rotatable bonds is 3. The fourth-order valence-electron chi connectivity index (χ4n) is 2.08. The molecule has 2 amide bonds. The standard InChI is InChI=1S/C9H17N3O2/c1-14-5-4-11-7-8-6-10-2-3-12(8)9(11)13/h8,10H,2-7H2,1H3. The predicted octanol–water partition coefficient (Wildman–Crippen LogP) is -0.658. The Morgan fingerprint density at radius 1 is 1.64 bits per heavy atom. The van der Waals surface area contributed by atoms with Crippen molar-refractivity contribution in [3.05, 3.63) is 0 Å². The number of methoxy groups -OCH3 is 1. The van der Waals surface area contributed by atoms with Crippen LogP contribution in [0.15, 0.2) is 0 Å². The van der Waals surface area contributed by atoms with Crippen LogP contribution in [0.5, 0.6) is 0 Å². The van der Waals surface area contributed by atoms with Gasteiger partial charge in [0.15, 0.2) is 0 Å². The Morgan fingerprint density at radius 3 is 3.21 bits per heavy atom. The normalized spacial score (nSPS) is 26.9. The van der Waals surface area contributed by atoms with E-state index in [1.165, 1.54) is 0 Å². The minimum absolute atomic E-state index is 0.175. The summed E-state index contributed by atoms with van der Waals surface area (Å²) in [4.78, 5) is 15.7. The SMILES string of the molecule is COCCN1CC2CNCCN2C1=O. The van der Waals surface area contributed by atoms with Crippen LogP contribution in [-0.4, -0.2) is 68.3 Å². The highest BCUT2D eigenvalue weighted by atomic mass is 16.5. The summed E-state index contributed by atoms with van der Waals surface area (Å²) in [5, 5.41) is 3.30. The maximum atomic E-state index is 11.8. The molecule has 0 radical (unpaired) electrons. The maximum Gasteiger partial charge on any atom is 0.320 e. The molecule has 0 aromatic heterocycles. The van der Waals surface area contributed by atoms with Gasteiger partial charge < -0.3 is 19.9 Å². The van der Waals surface area contributed by atoms with Gasteiger partial charge >= 0.3 is 6.03 Å². The molecule has 0 aromatic rings. The Bertz CT molecular complexity index is 222. The van der Waals surface area contributed by atoms with Gasteiger partial charge in [-0.15, -0.1) is 0 Å². The highest BCUT2D eigenvalue weighted by molar-refractivity contribution is 5.77. The van der Waals surface area contributed by atoms with Gasteiger partial charge in [-0.2, -0.15) is 0 Å². The number of amides is 2. The summed E-state index contributed by atoms with van der Waals surface area (Å²) < 4.78 is 4.98. The molecule has 0 saturated carbocycles. The Labute approximate surface area is 84.0 Å². The Balaban J connectivity index is 1.92. The number of hydrogen-bond donors (Lipinski definition) is 1. The van der Waals surface area contributed by atoms with Crippen molar-refractivity contribution in [3.8, 4) is 0 Å². The number of nitrogens with one attached hydrogen (secondary N) is 1. The molecule has 1 atom stereocenters. The summed E-state index contributed by atoms with van der Waals surface area (Å²) in [6.45, 7) is 4.86. The topological polar surface area (TPSA) is 44.8 Å². The van der Waals surface area contributed by atoms with Crippen molar-refractivity contribution in [2.24, 2.45) is 0 Å². The van der Waals surface area contributed by atoms with E-state index in [2.05, 4.69) is 5.32 Å². The molecule has 0 bridgehead atoms. The Hall–Kier alpha value is -0.810. The summed E-state index contributed by atoms with van der Waals surface area (Å²) in [6, 6.07) is 0.543. The van der Waals surface area contributed by atoms with Crippen LogP contribution in [0.3, 0.4) is 0 Å². The Kier molecular flexibility index (Phi) is 2.88. The van der Waals surface area contributed by atoms with E-state index in [0.717, 1.165) is 26.2 Å². The fourth-order valence-corrected chi connectivity index (χ4v) is 2.08. The van der Waals surface area contributed by atoms with Gasteiger partial charge in [-0.05, 0) is 0 Å². The number of ether oxygens (including phenoxy) is 1. The molecule has 2 heterocycles. The largest absolute Gasteiger partial charge is 0.383 e. The molecular formula is C9H17N3O2. The van der Waals surface area contributed by atoms with E-state index < -0.39 is 0 Å².